The highest BCUT2D eigenvalue weighted by atomic mass is 16.5. The van der Waals surface area contributed by atoms with Crippen molar-refractivity contribution in [3.8, 4) is 5.75 Å². The largest absolute Gasteiger partial charge is 0.492 e. The second kappa shape index (κ2) is 12.3. The number of likely N-dealkylation sites (N-methyl/N-ethyl adjacent to an activating group) is 1. The minimum atomic E-state index is -0.392. The molecule has 0 bridgehead atoms. The fourth-order valence-electron chi connectivity index (χ4n) is 5.28. The molecular formula is C31H38N6O2. The van der Waals surface area contributed by atoms with Gasteiger partial charge < -0.3 is 26.0 Å². The molecular weight excluding hydrogens is 488 g/mol. The molecule has 0 spiro atoms. The maximum absolute atomic E-state index is 12.8. The number of carbonyl (C=O) groups excluding carboxylic acids is 1. The Morgan fingerprint density at radius 3 is 2.44 bits per heavy atom. The molecule has 0 aromatic heterocycles. The molecule has 2 heterocycles. The number of piperazine rings is 1. The number of anilines is 2. The Balaban J connectivity index is 1.17. The van der Waals surface area contributed by atoms with Gasteiger partial charge in [0.2, 0.25) is 0 Å². The average molecular weight is 527 g/mol. The summed E-state index contributed by atoms with van der Waals surface area (Å²) >= 11 is 0. The molecule has 1 atom stereocenters. The lowest BCUT2D eigenvalue weighted by molar-refractivity contribution is 0.100. The van der Waals surface area contributed by atoms with Crippen LogP contribution in [-0.2, 0) is 6.54 Å². The van der Waals surface area contributed by atoms with Crippen LogP contribution in [0.3, 0.4) is 0 Å². The van der Waals surface area contributed by atoms with Gasteiger partial charge in [0, 0.05) is 67.3 Å². The van der Waals surface area contributed by atoms with Crippen molar-refractivity contribution in [1.82, 2.24) is 9.80 Å². The van der Waals surface area contributed by atoms with Crippen LogP contribution in [0.25, 0.3) is 0 Å². The molecule has 4 N–H and O–H groups in total. The Morgan fingerprint density at radius 1 is 0.974 bits per heavy atom. The fourth-order valence-corrected chi connectivity index (χ4v) is 5.28. The molecule has 1 unspecified atom stereocenters. The van der Waals surface area contributed by atoms with Crippen molar-refractivity contribution in [2.75, 3.05) is 57.0 Å². The molecule has 2 fully saturated rings. The highest BCUT2D eigenvalue weighted by molar-refractivity contribution is 6.11. The Bertz CT molecular complexity index is 1290. The van der Waals surface area contributed by atoms with Crippen LogP contribution >= 0.6 is 0 Å². The van der Waals surface area contributed by atoms with Gasteiger partial charge >= 0.3 is 0 Å². The van der Waals surface area contributed by atoms with E-state index in [-0.39, 0.29) is 5.84 Å². The van der Waals surface area contributed by atoms with Gasteiger partial charge in [-0.25, -0.2) is 0 Å². The molecule has 0 aliphatic carbocycles. The number of hydrogen-bond donors (Lipinski definition) is 2. The van der Waals surface area contributed by atoms with Crippen LogP contribution in [0.1, 0.15) is 34.3 Å². The molecule has 3 aromatic carbocycles. The number of nitrogen functional groups attached to an aromatic ring is 1. The second-order valence-electron chi connectivity index (χ2n) is 10.5. The van der Waals surface area contributed by atoms with Crippen LogP contribution in [0.5, 0.6) is 5.75 Å². The SMILES string of the molecule is CN1CCN(c2ccc(C(=O)N=C(N)c3ccc(OCC4CCCN4Cc4ccccc4)cc3N)cc2)CC1. The molecule has 2 saturated heterocycles. The van der Waals surface area contributed by atoms with E-state index >= 15 is 0 Å². The Kier molecular flexibility index (Phi) is 8.44. The van der Waals surface area contributed by atoms with Crippen molar-refractivity contribution in [2.45, 2.75) is 25.4 Å². The van der Waals surface area contributed by atoms with Crippen LogP contribution in [-0.4, -0.2) is 74.0 Å². The highest BCUT2D eigenvalue weighted by Crippen LogP contribution is 2.24. The van der Waals surface area contributed by atoms with Crippen molar-refractivity contribution >= 4 is 23.1 Å². The van der Waals surface area contributed by atoms with Crippen molar-refractivity contribution in [3.63, 3.8) is 0 Å². The van der Waals surface area contributed by atoms with Crippen molar-refractivity contribution in [1.29, 1.82) is 0 Å². The lowest BCUT2D eigenvalue weighted by Crippen LogP contribution is -2.44. The lowest BCUT2D eigenvalue weighted by atomic mass is 10.1. The third kappa shape index (κ3) is 6.77. The number of likely N-dealkylation sites (tertiary alicyclic amines) is 1. The van der Waals surface area contributed by atoms with Crippen LogP contribution in [0, 0.1) is 0 Å². The van der Waals surface area contributed by atoms with E-state index in [9.17, 15) is 4.79 Å². The normalized spacial score (nSPS) is 18.8. The molecule has 1 amide bonds. The predicted molar refractivity (Wildman–Crippen MR) is 157 cm³/mol. The maximum Gasteiger partial charge on any atom is 0.278 e. The highest BCUT2D eigenvalue weighted by Gasteiger charge is 2.25. The first kappa shape index (κ1) is 26.7. The molecule has 3 aromatic rings. The number of carbonyl (C=O) groups is 1. The van der Waals surface area contributed by atoms with E-state index in [1.54, 1.807) is 24.3 Å². The number of amides is 1. The molecule has 0 radical (unpaired) electrons. The first-order valence-electron chi connectivity index (χ1n) is 13.7. The van der Waals surface area contributed by atoms with Crippen LogP contribution in [0.15, 0.2) is 77.8 Å². The Morgan fingerprint density at radius 2 is 1.72 bits per heavy atom. The monoisotopic (exact) mass is 526 g/mol. The van der Waals surface area contributed by atoms with E-state index in [0.29, 0.717) is 35.2 Å². The van der Waals surface area contributed by atoms with E-state index in [4.69, 9.17) is 16.2 Å². The zero-order chi connectivity index (χ0) is 27.2. The fraction of sp³-hybridized carbons (Fsp3) is 0.355. The summed E-state index contributed by atoms with van der Waals surface area (Å²) in [5.74, 6) is 0.385. The van der Waals surface area contributed by atoms with Gasteiger partial charge in [0.05, 0.1) is 0 Å². The summed E-state index contributed by atoms with van der Waals surface area (Å²) in [4.78, 5) is 24.0. The van der Waals surface area contributed by atoms with Crippen LogP contribution < -0.4 is 21.1 Å². The van der Waals surface area contributed by atoms with Crippen LogP contribution in [0.2, 0.25) is 0 Å². The van der Waals surface area contributed by atoms with Gasteiger partial charge in [0.15, 0.2) is 0 Å². The number of aliphatic imine (C=N–C) groups is 1. The summed E-state index contributed by atoms with van der Waals surface area (Å²) in [6, 6.07) is 23.8. The quantitative estimate of drug-likeness (QED) is 0.263. The number of nitrogens with zero attached hydrogens (tertiary/aromatic N) is 4. The molecule has 39 heavy (non-hydrogen) atoms. The van der Waals surface area contributed by atoms with Crippen molar-refractivity contribution in [2.24, 2.45) is 10.7 Å². The van der Waals surface area contributed by atoms with Gasteiger partial charge in [-0.2, -0.15) is 4.99 Å². The van der Waals surface area contributed by atoms with E-state index in [1.165, 1.54) is 12.0 Å². The number of amidine groups is 1. The summed E-state index contributed by atoms with van der Waals surface area (Å²) in [6.45, 7) is 6.60. The number of ether oxygens (including phenoxy) is 1. The Hall–Kier alpha value is -3.88. The van der Waals surface area contributed by atoms with Crippen molar-refractivity contribution < 1.29 is 9.53 Å². The minimum absolute atomic E-state index is 0.0945. The zero-order valence-corrected chi connectivity index (χ0v) is 22.6. The number of nitrogens with two attached hydrogens (primary N) is 2. The third-order valence-corrected chi connectivity index (χ3v) is 7.67. The Labute approximate surface area is 230 Å². The number of rotatable bonds is 8. The summed E-state index contributed by atoms with van der Waals surface area (Å²) in [6.07, 6.45) is 2.28. The van der Waals surface area contributed by atoms with Gasteiger partial charge in [-0.1, -0.05) is 30.3 Å². The first-order valence-corrected chi connectivity index (χ1v) is 13.7. The van der Waals surface area contributed by atoms with Crippen LogP contribution in [0.4, 0.5) is 11.4 Å². The first-order chi connectivity index (χ1) is 19.0. The van der Waals surface area contributed by atoms with E-state index in [0.717, 1.165) is 51.4 Å². The molecule has 8 nitrogen and oxygen atoms in total. The zero-order valence-electron chi connectivity index (χ0n) is 22.6. The molecule has 2 aliphatic rings. The standard InChI is InChI=1S/C31H38N6O2/c1-35-16-18-36(19-17-35)25-11-9-24(10-12-25)31(38)34-30(33)28-14-13-27(20-29(28)32)39-22-26-8-5-15-37(26)21-23-6-3-2-4-7-23/h2-4,6-7,9-14,20,26H,5,8,15-19,21-22,32H2,1H3,(H2,33,34,38). The maximum atomic E-state index is 12.8. The van der Waals surface area contributed by atoms with E-state index in [1.807, 2.05) is 24.3 Å². The molecule has 8 heteroatoms. The molecule has 0 saturated carbocycles. The van der Waals surface area contributed by atoms with Gasteiger partial charge in [-0.15, -0.1) is 0 Å². The van der Waals surface area contributed by atoms with Crippen molar-refractivity contribution in [3.05, 3.63) is 89.5 Å². The van der Waals surface area contributed by atoms with E-state index < -0.39 is 5.91 Å². The second-order valence-corrected chi connectivity index (χ2v) is 10.5. The van der Waals surface area contributed by atoms with Gasteiger partial charge in [-0.3, -0.25) is 9.69 Å². The molecule has 204 valence electrons. The number of hydrogen-bond acceptors (Lipinski definition) is 6. The molecule has 5 rings (SSSR count). The van der Waals surface area contributed by atoms with Gasteiger partial charge in [0.25, 0.3) is 5.91 Å². The smallest absolute Gasteiger partial charge is 0.278 e. The topological polar surface area (TPSA) is 100 Å². The molecule has 2 aliphatic heterocycles. The van der Waals surface area contributed by atoms with Gasteiger partial charge in [-0.05, 0) is 68.4 Å². The lowest BCUT2D eigenvalue weighted by Gasteiger charge is -2.34. The minimum Gasteiger partial charge on any atom is -0.492 e. The van der Waals surface area contributed by atoms with E-state index in [2.05, 4.69) is 51.0 Å². The summed E-state index contributed by atoms with van der Waals surface area (Å²) in [7, 11) is 2.13. The third-order valence-electron chi connectivity index (χ3n) is 7.67. The predicted octanol–water partition coefficient (Wildman–Crippen LogP) is 3.61. The summed E-state index contributed by atoms with van der Waals surface area (Å²) in [5, 5.41) is 0. The number of benzene rings is 3. The summed E-state index contributed by atoms with van der Waals surface area (Å²) in [5.41, 5.74) is 16.4. The average Bonchev–Trinajstić information content (AvgIpc) is 3.39. The summed E-state index contributed by atoms with van der Waals surface area (Å²) < 4.78 is 6.11. The van der Waals surface area contributed by atoms with Gasteiger partial charge in [0.1, 0.15) is 18.2 Å².